The largest absolute Gasteiger partial charge is 0.267 e. The highest BCUT2D eigenvalue weighted by Crippen LogP contribution is 2.27. The van der Waals surface area contributed by atoms with E-state index in [0.717, 1.165) is 6.07 Å². The summed E-state index contributed by atoms with van der Waals surface area (Å²) in [5, 5.41) is 0. The third kappa shape index (κ3) is 2.67. The Labute approximate surface area is 118 Å². The predicted molar refractivity (Wildman–Crippen MR) is 77.6 cm³/mol. The first-order chi connectivity index (χ1) is 9.44. The highest BCUT2D eigenvalue weighted by Gasteiger charge is 2.29. The van der Waals surface area contributed by atoms with Crippen molar-refractivity contribution in [3.63, 3.8) is 0 Å². The zero-order valence-electron chi connectivity index (χ0n) is 11.3. The van der Waals surface area contributed by atoms with Crippen molar-refractivity contribution < 1.29 is 12.8 Å². The maximum atomic E-state index is 13.8. The molecule has 106 valence electrons. The molecule has 3 nitrogen and oxygen atoms in total. The summed E-state index contributed by atoms with van der Waals surface area (Å²) in [4.78, 5) is -0.308. The van der Waals surface area contributed by atoms with E-state index in [9.17, 15) is 12.8 Å². The van der Waals surface area contributed by atoms with Crippen LogP contribution in [0.3, 0.4) is 0 Å². The van der Waals surface area contributed by atoms with Crippen LogP contribution in [0.1, 0.15) is 13.8 Å². The maximum absolute atomic E-state index is 13.8. The monoisotopic (exact) mass is 293 g/mol. The van der Waals surface area contributed by atoms with Crippen LogP contribution in [0.25, 0.3) is 0 Å². The van der Waals surface area contributed by atoms with Crippen LogP contribution in [-0.2, 0) is 10.0 Å². The first-order valence-electron chi connectivity index (χ1n) is 6.28. The van der Waals surface area contributed by atoms with Crippen LogP contribution in [0.15, 0.2) is 59.5 Å². The van der Waals surface area contributed by atoms with E-state index in [1.54, 1.807) is 44.2 Å². The van der Waals surface area contributed by atoms with Crippen LogP contribution in [0.2, 0.25) is 0 Å². The van der Waals surface area contributed by atoms with Gasteiger partial charge in [-0.05, 0) is 38.1 Å². The molecule has 0 bridgehead atoms. The summed E-state index contributed by atoms with van der Waals surface area (Å²) in [6.07, 6.45) is 0. The lowest BCUT2D eigenvalue weighted by Crippen LogP contribution is -2.37. The van der Waals surface area contributed by atoms with Gasteiger partial charge in [-0.1, -0.05) is 30.3 Å². The molecule has 2 rings (SSSR count). The summed E-state index contributed by atoms with van der Waals surface area (Å²) in [6, 6.07) is 13.8. The van der Waals surface area contributed by atoms with Crippen molar-refractivity contribution in [3.8, 4) is 0 Å². The predicted octanol–water partition coefficient (Wildman–Crippen LogP) is 3.43. The van der Waals surface area contributed by atoms with Crippen molar-refractivity contribution in [2.45, 2.75) is 24.8 Å². The number of para-hydroxylation sites is 1. The zero-order valence-corrected chi connectivity index (χ0v) is 12.1. The normalized spacial score (nSPS) is 11.6. The number of sulfonamides is 1. The van der Waals surface area contributed by atoms with E-state index < -0.39 is 15.8 Å². The smallest absolute Gasteiger partial charge is 0.264 e. The Kier molecular flexibility index (Phi) is 4.09. The molecule has 0 heterocycles. The molecule has 0 aliphatic carbocycles. The Morgan fingerprint density at radius 3 is 2.05 bits per heavy atom. The lowest BCUT2D eigenvalue weighted by molar-refractivity contribution is 0.559. The van der Waals surface area contributed by atoms with Crippen molar-refractivity contribution in [3.05, 3.63) is 60.4 Å². The third-order valence-electron chi connectivity index (χ3n) is 2.85. The molecule has 0 spiro atoms. The molecule has 0 fully saturated rings. The number of hydrogen-bond acceptors (Lipinski definition) is 2. The number of halogens is 1. The summed E-state index contributed by atoms with van der Waals surface area (Å²) in [5.74, 6) is -0.742. The van der Waals surface area contributed by atoms with Crippen molar-refractivity contribution in [2.24, 2.45) is 0 Å². The molecule has 0 aliphatic heterocycles. The second kappa shape index (κ2) is 5.63. The van der Waals surface area contributed by atoms with Gasteiger partial charge < -0.3 is 0 Å². The molecule has 0 aliphatic rings. The fraction of sp³-hybridized carbons (Fsp3) is 0.200. The molecular formula is C15H16FNO2S. The van der Waals surface area contributed by atoms with Gasteiger partial charge in [0.25, 0.3) is 10.0 Å². The highest BCUT2D eigenvalue weighted by atomic mass is 32.2. The van der Waals surface area contributed by atoms with E-state index in [0.29, 0.717) is 5.69 Å². The molecule has 5 heteroatoms. The minimum Gasteiger partial charge on any atom is -0.264 e. The first-order valence-corrected chi connectivity index (χ1v) is 7.72. The summed E-state index contributed by atoms with van der Waals surface area (Å²) >= 11 is 0. The minimum absolute atomic E-state index is 0.308. The SMILES string of the molecule is CC(C)N(c1ccccc1)S(=O)(=O)c1ccccc1F. The molecule has 0 unspecified atom stereocenters. The van der Waals surface area contributed by atoms with E-state index in [4.69, 9.17) is 0 Å². The summed E-state index contributed by atoms with van der Waals surface area (Å²) in [6.45, 7) is 3.51. The summed E-state index contributed by atoms with van der Waals surface area (Å²) < 4.78 is 40.4. The Morgan fingerprint density at radius 2 is 1.50 bits per heavy atom. The first kappa shape index (κ1) is 14.5. The van der Waals surface area contributed by atoms with Crippen LogP contribution in [0.4, 0.5) is 10.1 Å². The number of rotatable bonds is 4. The van der Waals surface area contributed by atoms with Gasteiger partial charge in [-0.3, -0.25) is 4.31 Å². The van der Waals surface area contributed by atoms with E-state index in [1.807, 2.05) is 0 Å². The number of anilines is 1. The highest BCUT2D eigenvalue weighted by molar-refractivity contribution is 7.92. The average Bonchev–Trinajstić information content (AvgIpc) is 2.39. The van der Waals surface area contributed by atoms with Crippen LogP contribution in [0, 0.1) is 5.82 Å². The molecule has 2 aromatic carbocycles. The third-order valence-corrected chi connectivity index (χ3v) is 4.89. The van der Waals surface area contributed by atoms with Gasteiger partial charge in [-0.15, -0.1) is 0 Å². The quantitative estimate of drug-likeness (QED) is 0.866. The molecule has 20 heavy (non-hydrogen) atoms. The summed E-state index contributed by atoms with van der Waals surface area (Å²) in [5.41, 5.74) is 0.519. The van der Waals surface area contributed by atoms with E-state index in [1.165, 1.54) is 22.5 Å². The van der Waals surface area contributed by atoms with E-state index in [2.05, 4.69) is 0 Å². The van der Waals surface area contributed by atoms with Gasteiger partial charge in [0.1, 0.15) is 10.7 Å². The maximum Gasteiger partial charge on any atom is 0.267 e. The van der Waals surface area contributed by atoms with Gasteiger partial charge in [-0.25, -0.2) is 12.8 Å². The molecule has 2 aromatic rings. The molecular weight excluding hydrogens is 277 g/mol. The number of benzene rings is 2. The van der Waals surface area contributed by atoms with Gasteiger partial charge in [0.2, 0.25) is 0 Å². The van der Waals surface area contributed by atoms with Crippen molar-refractivity contribution >= 4 is 15.7 Å². The zero-order chi connectivity index (χ0) is 14.8. The summed E-state index contributed by atoms with van der Waals surface area (Å²) in [7, 11) is -3.93. The molecule has 0 radical (unpaired) electrons. The second-order valence-electron chi connectivity index (χ2n) is 4.66. The molecule has 0 aromatic heterocycles. The lowest BCUT2D eigenvalue weighted by Gasteiger charge is -2.28. The Bertz CT molecular complexity index is 684. The van der Waals surface area contributed by atoms with Crippen molar-refractivity contribution in [2.75, 3.05) is 4.31 Å². The Balaban J connectivity index is 2.58. The van der Waals surface area contributed by atoms with Crippen LogP contribution in [-0.4, -0.2) is 14.5 Å². The van der Waals surface area contributed by atoms with Gasteiger partial charge in [0, 0.05) is 6.04 Å². The van der Waals surface area contributed by atoms with Crippen LogP contribution >= 0.6 is 0 Å². The van der Waals surface area contributed by atoms with Gasteiger partial charge in [-0.2, -0.15) is 0 Å². The molecule has 0 saturated carbocycles. The standard InChI is InChI=1S/C15H16FNO2S/c1-12(2)17(13-8-4-3-5-9-13)20(18,19)15-11-7-6-10-14(15)16/h3-12H,1-2H3. The second-order valence-corrected chi connectivity index (χ2v) is 6.44. The average molecular weight is 293 g/mol. The fourth-order valence-electron chi connectivity index (χ4n) is 2.05. The van der Waals surface area contributed by atoms with Gasteiger partial charge >= 0.3 is 0 Å². The van der Waals surface area contributed by atoms with Crippen molar-refractivity contribution in [1.29, 1.82) is 0 Å². The number of nitrogens with zero attached hydrogens (tertiary/aromatic N) is 1. The van der Waals surface area contributed by atoms with Gasteiger partial charge in [0.15, 0.2) is 0 Å². The van der Waals surface area contributed by atoms with E-state index >= 15 is 0 Å². The van der Waals surface area contributed by atoms with Crippen LogP contribution in [0.5, 0.6) is 0 Å². The Hall–Kier alpha value is -1.88. The molecule has 0 amide bonds. The van der Waals surface area contributed by atoms with Gasteiger partial charge in [0.05, 0.1) is 5.69 Å². The minimum atomic E-state index is -3.93. The van der Waals surface area contributed by atoms with E-state index in [-0.39, 0.29) is 10.9 Å². The fourth-order valence-corrected chi connectivity index (χ4v) is 3.78. The van der Waals surface area contributed by atoms with Crippen molar-refractivity contribution in [1.82, 2.24) is 0 Å². The van der Waals surface area contributed by atoms with Crippen LogP contribution < -0.4 is 4.31 Å². The Morgan fingerprint density at radius 1 is 0.950 bits per heavy atom. The topological polar surface area (TPSA) is 37.4 Å². The molecule has 0 atom stereocenters. The molecule has 0 N–H and O–H groups in total. The molecule has 0 saturated heterocycles. The lowest BCUT2D eigenvalue weighted by atomic mass is 10.3. The number of hydrogen-bond donors (Lipinski definition) is 0.